The van der Waals surface area contributed by atoms with Crippen LogP contribution in [-0.2, 0) is 6.42 Å². The summed E-state index contributed by atoms with van der Waals surface area (Å²) in [4.78, 5) is 0. The maximum absolute atomic E-state index is 4.31. The summed E-state index contributed by atoms with van der Waals surface area (Å²) in [6.07, 6.45) is 7.95. The second kappa shape index (κ2) is 17.4. The highest BCUT2D eigenvalue weighted by Gasteiger charge is 2.08. The summed E-state index contributed by atoms with van der Waals surface area (Å²) in [7, 11) is 0. The normalized spacial score (nSPS) is 10.5. The molecule has 0 heteroatoms. The molecule has 0 bridgehead atoms. The molecule has 170 valence electrons. The van der Waals surface area contributed by atoms with Crippen molar-refractivity contribution in [3.63, 3.8) is 0 Å². The predicted molar refractivity (Wildman–Crippen MR) is 144 cm³/mol. The fraction of sp³-hybridized carbons (Fsp3) is 0.419. The molecule has 31 heavy (non-hydrogen) atoms. The van der Waals surface area contributed by atoms with E-state index in [2.05, 4.69) is 116 Å². The fourth-order valence-electron chi connectivity index (χ4n) is 3.26. The van der Waals surface area contributed by atoms with Crippen LogP contribution in [0.1, 0.15) is 96.8 Å². The van der Waals surface area contributed by atoms with Crippen LogP contribution < -0.4 is 0 Å². The molecule has 0 aliphatic carbocycles. The van der Waals surface area contributed by atoms with Crippen molar-refractivity contribution in [2.45, 2.75) is 86.5 Å². The first-order chi connectivity index (χ1) is 14.9. The van der Waals surface area contributed by atoms with Gasteiger partial charge in [-0.2, -0.15) is 0 Å². The fourth-order valence-corrected chi connectivity index (χ4v) is 3.26. The summed E-state index contributed by atoms with van der Waals surface area (Å²) in [6.45, 7) is 23.5. The first-order valence-corrected chi connectivity index (χ1v) is 12.1. The second-order valence-corrected chi connectivity index (χ2v) is 8.20. The summed E-state index contributed by atoms with van der Waals surface area (Å²) in [5.41, 5.74) is 7.25. The van der Waals surface area contributed by atoms with Gasteiger partial charge in [0.25, 0.3) is 0 Å². The number of hydrogen-bond donors (Lipinski definition) is 0. The standard InChI is InChI=1S/C25H30.2C3H8/c1-6-23(7-2)24-15-13-22(14-16-24)18-25(19(3)4)20(5)17-21-11-9-8-10-12-21;2*1-3-2/h8-16,18,23H,3,5-7,17H2,1-2,4H3;2*3H2,1-2H3/b25-18-;;. The van der Waals surface area contributed by atoms with Crippen LogP contribution in [0, 0.1) is 0 Å². The maximum Gasteiger partial charge on any atom is -0.00256 e. The topological polar surface area (TPSA) is 0 Å². The van der Waals surface area contributed by atoms with Crippen molar-refractivity contribution < 1.29 is 0 Å². The van der Waals surface area contributed by atoms with Crippen LogP contribution in [0.2, 0.25) is 0 Å². The molecule has 0 fully saturated rings. The van der Waals surface area contributed by atoms with Gasteiger partial charge in [0.15, 0.2) is 0 Å². The first kappa shape index (κ1) is 28.7. The van der Waals surface area contributed by atoms with E-state index in [1.54, 1.807) is 0 Å². The summed E-state index contributed by atoms with van der Waals surface area (Å²) in [5, 5.41) is 0. The Labute approximate surface area is 193 Å². The highest BCUT2D eigenvalue weighted by Crippen LogP contribution is 2.26. The summed E-state index contributed by atoms with van der Waals surface area (Å²) < 4.78 is 0. The molecule has 0 saturated heterocycles. The van der Waals surface area contributed by atoms with Gasteiger partial charge in [-0.3, -0.25) is 0 Å². The minimum absolute atomic E-state index is 0.659. The van der Waals surface area contributed by atoms with Crippen molar-refractivity contribution >= 4 is 6.08 Å². The Kier molecular flexibility index (Phi) is 16.0. The van der Waals surface area contributed by atoms with Crippen LogP contribution in [0.15, 0.2) is 84.5 Å². The monoisotopic (exact) mass is 418 g/mol. The summed E-state index contributed by atoms with van der Waals surface area (Å²) in [5.74, 6) is 0.659. The Hall–Kier alpha value is -2.34. The SMILES string of the molecule is C=C(C)/C(=C/c1ccc(C(CC)CC)cc1)C(=C)Cc1ccccc1.CCC.CCC. The van der Waals surface area contributed by atoms with Gasteiger partial charge in [0.1, 0.15) is 0 Å². The van der Waals surface area contributed by atoms with E-state index in [4.69, 9.17) is 0 Å². The molecule has 0 spiro atoms. The van der Waals surface area contributed by atoms with E-state index >= 15 is 0 Å². The highest BCUT2D eigenvalue weighted by atomic mass is 14.1. The molecule has 0 heterocycles. The van der Waals surface area contributed by atoms with E-state index in [0.717, 1.165) is 23.1 Å². The molecule has 0 aliphatic rings. The zero-order valence-corrected chi connectivity index (χ0v) is 21.3. The number of rotatable bonds is 8. The van der Waals surface area contributed by atoms with E-state index < -0.39 is 0 Å². The number of hydrogen-bond acceptors (Lipinski definition) is 0. The Morgan fingerprint density at radius 3 is 1.68 bits per heavy atom. The van der Waals surface area contributed by atoms with E-state index in [0.29, 0.717) is 5.92 Å². The van der Waals surface area contributed by atoms with Gasteiger partial charge in [0.05, 0.1) is 0 Å². The molecule has 0 amide bonds. The molecular formula is C31H46. The van der Waals surface area contributed by atoms with Gasteiger partial charge in [-0.05, 0) is 66.0 Å². The average Bonchev–Trinajstić information content (AvgIpc) is 2.75. The minimum Gasteiger partial charge on any atom is -0.0955 e. The third-order valence-corrected chi connectivity index (χ3v) is 4.81. The summed E-state index contributed by atoms with van der Waals surface area (Å²) >= 11 is 0. The molecule has 0 aliphatic heterocycles. The Balaban J connectivity index is 0.00000134. The predicted octanol–water partition coefficient (Wildman–Crippen LogP) is 10.2. The minimum atomic E-state index is 0.659. The zero-order chi connectivity index (χ0) is 23.6. The smallest absolute Gasteiger partial charge is 0.00256 e. The molecule has 0 atom stereocenters. The molecule has 0 aromatic heterocycles. The molecular weight excluding hydrogens is 372 g/mol. The zero-order valence-electron chi connectivity index (χ0n) is 21.3. The number of benzene rings is 2. The molecule has 2 aromatic carbocycles. The van der Waals surface area contributed by atoms with Gasteiger partial charge in [-0.1, -0.05) is 128 Å². The molecule has 0 nitrogen and oxygen atoms in total. The van der Waals surface area contributed by atoms with Crippen molar-refractivity contribution in [2.24, 2.45) is 0 Å². The molecule has 0 N–H and O–H groups in total. The molecule has 0 unspecified atom stereocenters. The Bertz CT molecular complexity index is 753. The highest BCUT2D eigenvalue weighted by molar-refractivity contribution is 5.64. The molecule has 2 aromatic rings. The number of allylic oxidation sites excluding steroid dienone is 3. The van der Waals surface area contributed by atoms with E-state index in [1.165, 1.54) is 42.4 Å². The van der Waals surface area contributed by atoms with Gasteiger partial charge in [-0.25, -0.2) is 0 Å². The van der Waals surface area contributed by atoms with E-state index in [-0.39, 0.29) is 0 Å². The van der Waals surface area contributed by atoms with Gasteiger partial charge in [0.2, 0.25) is 0 Å². The maximum atomic E-state index is 4.31. The van der Waals surface area contributed by atoms with Crippen LogP contribution in [0.5, 0.6) is 0 Å². The van der Waals surface area contributed by atoms with Crippen LogP contribution >= 0.6 is 0 Å². The third-order valence-electron chi connectivity index (χ3n) is 4.81. The van der Waals surface area contributed by atoms with Crippen LogP contribution in [0.3, 0.4) is 0 Å². The van der Waals surface area contributed by atoms with Crippen LogP contribution in [0.4, 0.5) is 0 Å². The van der Waals surface area contributed by atoms with Crippen LogP contribution in [0.25, 0.3) is 6.08 Å². The molecule has 0 radical (unpaired) electrons. The van der Waals surface area contributed by atoms with E-state index in [1.807, 2.05) is 6.07 Å². The van der Waals surface area contributed by atoms with Crippen molar-refractivity contribution in [3.8, 4) is 0 Å². The van der Waals surface area contributed by atoms with Crippen molar-refractivity contribution in [3.05, 3.63) is 101 Å². The summed E-state index contributed by atoms with van der Waals surface area (Å²) in [6, 6.07) is 19.4. The lowest BCUT2D eigenvalue weighted by Crippen LogP contribution is -1.96. The lowest BCUT2D eigenvalue weighted by atomic mass is 9.91. The lowest BCUT2D eigenvalue weighted by molar-refractivity contribution is 0.642. The largest absolute Gasteiger partial charge is 0.0955 e. The third kappa shape index (κ3) is 11.6. The molecule has 2 rings (SSSR count). The van der Waals surface area contributed by atoms with Crippen molar-refractivity contribution in [1.29, 1.82) is 0 Å². The first-order valence-electron chi connectivity index (χ1n) is 12.1. The van der Waals surface area contributed by atoms with E-state index in [9.17, 15) is 0 Å². The lowest BCUT2D eigenvalue weighted by Gasteiger charge is -2.14. The Morgan fingerprint density at radius 2 is 1.26 bits per heavy atom. The second-order valence-electron chi connectivity index (χ2n) is 8.20. The Morgan fingerprint density at radius 1 is 0.774 bits per heavy atom. The average molecular weight is 419 g/mol. The molecule has 0 saturated carbocycles. The van der Waals surface area contributed by atoms with Gasteiger partial charge in [-0.15, -0.1) is 0 Å². The quantitative estimate of drug-likeness (QED) is 0.374. The van der Waals surface area contributed by atoms with Gasteiger partial charge in [0, 0.05) is 0 Å². The van der Waals surface area contributed by atoms with Gasteiger partial charge >= 0.3 is 0 Å². The van der Waals surface area contributed by atoms with Crippen molar-refractivity contribution in [2.75, 3.05) is 0 Å². The van der Waals surface area contributed by atoms with Crippen molar-refractivity contribution in [1.82, 2.24) is 0 Å². The van der Waals surface area contributed by atoms with Gasteiger partial charge < -0.3 is 0 Å². The van der Waals surface area contributed by atoms with Crippen LogP contribution in [-0.4, -0.2) is 0 Å².